The number of ether oxygens (including phenoxy) is 1. The van der Waals surface area contributed by atoms with Crippen molar-refractivity contribution in [2.24, 2.45) is 0 Å². The van der Waals surface area contributed by atoms with Gasteiger partial charge in [0.1, 0.15) is 11.6 Å². The molecule has 0 aromatic carbocycles. The van der Waals surface area contributed by atoms with Gasteiger partial charge in [0.25, 0.3) is 0 Å². The minimum Gasteiger partial charge on any atom is -0.384 e. The Balaban J connectivity index is 3.18. The highest BCUT2D eigenvalue weighted by Gasteiger charge is 2.17. The summed E-state index contributed by atoms with van der Waals surface area (Å²) in [4.78, 5) is 9.29. The smallest absolute Gasteiger partial charge is 0.136 e. The highest BCUT2D eigenvalue weighted by Crippen LogP contribution is 2.26. The van der Waals surface area contributed by atoms with E-state index in [1.54, 1.807) is 7.11 Å². The molecule has 1 unspecified atom stereocenters. The van der Waals surface area contributed by atoms with E-state index < -0.39 is 0 Å². The second kappa shape index (κ2) is 6.69. The van der Waals surface area contributed by atoms with Crippen molar-refractivity contribution >= 4 is 5.82 Å². The van der Waals surface area contributed by atoms with Crippen LogP contribution >= 0.6 is 0 Å². The lowest BCUT2D eigenvalue weighted by atomic mass is 10.0. The number of nitrogens with zero attached hydrogens (tertiary/aromatic N) is 2. The molecule has 18 heavy (non-hydrogen) atoms. The molecule has 1 N–H and O–H groups in total. The molecule has 1 aromatic rings. The van der Waals surface area contributed by atoms with E-state index in [2.05, 4.69) is 49.9 Å². The van der Waals surface area contributed by atoms with Crippen molar-refractivity contribution in [1.82, 2.24) is 9.97 Å². The van der Waals surface area contributed by atoms with E-state index in [-0.39, 0.29) is 5.92 Å². The Bertz CT molecular complexity index is 391. The van der Waals surface area contributed by atoms with Crippen molar-refractivity contribution in [3.05, 3.63) is 17.1 Å². The molecule has 4 nitrogen and oxygen atoms in total. The number of nitrogens with one attached hydrogen (secondary N) is 1. The van der Waals surface area contributed by atoms with Gasteiger partial charge in [0.15, 0.2) is 0 Å². The maximum Gasteiger partial charge on any atom is 0.136 e. The number of methoxy groups -OCH3 is 1. The molecular formula is C14H25N3O. The van der Waals surface area contributed by atoms with Crippen molar-refractivity contribution in [3.8, 4) is 0 Å². The molecule has 1 heterocycles. The van der Waals surface area contributed by atoms with Gasteiger partial charge in [-0.3, -0.25) is 0 Å². The molecule has 0 saturated carbocycles. The molecule has 0 bridgehead atoms. The fourth-order valence-corrected chi connectivity index (χ4v) is 2.14. The lowest BCUT2D eigenvalue weighted by Gasteiger charge is -2.18. The minimum absolute atomic E-state index is 0.215. The van der Waals surface area contributed by atoms with Gasteiger partial charge in [-0.2, -0.15) is 0 Å². The maximum atomic E-state index is 5.18. The van der Waals surface area contributed by atoms with Gasteiger partial charge in [0.05, 0.1) is 6.61 Å². The molecule has 0 aliphatic heterocycles. The molecule has 0 saturated heterocycles. The van der Waals surface area contributed by atoms with Crippen molar-refractivity contribution < 1.29 is 4.74 Å². The summed E-state index contributed by atoms with van der Waals surface area (Å²) in [5, 5.41) is 3.34. The molecule has 0 aliphatic carbocycles. The SMILES string of the molecule is CCNc1nc(C(C)COC)nc(C)c1C(C)C. The van der Waals surface area contributed by atoms with Crippen LogP contribution in [0.2, 0.25) is 0 Å². The van der Waals surface area contributed by atoms with E-state index >= 15 is 0 Å². The summed E-state index contributed by atoms with van der Waals surface area (Å²) >= 11 is 0. The van der Waals surface area contributed by atoms with Gasteiger partial charge in [-0.15, -0.1) is 0 Å². The predicted molar refractivity (Wildman–Crippen MR) is 75.3 cm³/mol. The van der Waals surface area contributed by atoms with Crippen LogP contribution in [-0.2, 0) is 4.74 Å². The molecule has 4 heteroatoms. The van der Waals surface area contributed by atoms with E-state index in [9.17, 15) is 0 Å². The first-order chi connectivity index (χ1) is 8.51. The van der Waals surface area contributed by atoms with Gasteiger partial charge in [-0.25, -0.2) is 9.97 Å². The second-order valence-electron chi connectivity index (χ2n) is 4.97. The van der Waals surface area contributed by atoms with Gasteiger partial charge in [0, 0.05) is 30.8 Å². The van der Waals surface area contributed by atoms with Gasteiger partial charge in [-0.1, -0.05) is 20.8 Å². The van der Waals surface area contributed by atoms with Crippen molar-refractivity contribution in [2.75, 3.05) is 25.6 Å². The number of aromatic nitrogens is 2. The van der Waals surface area contributed by atoms with Crippen molar-refractivity contribution in [1.29, 1.82) is 0 Å². The average molecular weight is 251 g/mol. The van der Waals surface area contributed by atoms with Crippen LogP contribution in [-0.4, -0.2) is 30.2 Å². The predicted octanol–water partition coefficient (Wildman–Crippen LogP) is 3.09. The fourth-order valence-electron chi connectivity index (χ4n) is 2.14. The average Bonchev–Trinajstić information content (AvgIpc) is 2.28. The van der Waals surface area contributed by atoms with Crippen LogP contribution in [0.1, 0.15) is 56.6 Å². The van der Waals surface area contributed by atoms with Gasteiger partial charge in [-0.05, 0) is 19.8 Å². The first-order valence-electron chi connectivity index (χ1n) is 6.62. The van der Waals surface area contributed by atoms with Crippen LogP contribution in [0.15, 0.2) is 0 Å². The fraction of sp³-hybridized carbons (Fsp3) is 0.714. The summed E-state index contributed by atoms with van der Waals surface area (Å²) in [6.45, 7) is 12.1. The zero-order valence-corrected chi connectivity index (χ0v) is 12.4. The quantitative estimate of drug-likeness (QED) is 0.844. The Kier molecular flexibility index (Phi) is 5.54. The van der Waals surface area contributed by atoms with E-state index in [0.29, 0.717) is 12.5 Å². The summed E-state index contributed by atoms with van der Waals surface area (Å²) in [7, 11) is 1.71. The molecule has 1 aromatic heterocycles. The van der Waals surface area contributed by atoms with Gasteiger partial charge in [0.2, 0.25) is 0 Å². The molecule has 0 aliphatic rings. The zero-order chi connectivity index (χ0) is 13.7. The Labute approximate surface area is 110 Å². The number of aryl methyl sites for hydroxylation is 1. The molecular weight excluding hydrogens is 226 g/mol. The molecule has 0 fully saturated rings. The summed E-state index contributed by atoms with van der Waals surface area (Å²) < 4.78 is 5.18. The molecule has 0 radical (unpaired) electrons. The van der Waals surface area contributed by atoms with E-state index in [1.165, 1.54) is 5.56 Å². The monoisotopic (exact) mass is 251 g/mol. The number of rotatable bonds is 6. The van der Waals surface area contributed by atoms with Crippen LogP contribution in [0.5, 0.6) is 0 Å². The standard InChI is InChI=1S/C14H25N3O/c1-7-15-14-12(9(2)3)11(5)16-13(17-14)10(4)8-18-6/h9-10H,7-8H2,1-6H3,(H,15,16,17). The lowest BCUT2D eigenvalue weighted by Crippen LogP contribution is -2.14. The van der Waals surface area contributed by atoms with Gasteiger partial charge < -0.3 is 10.1 Å². The highest BCUT2D eigenvalue weighted by molar-refractivity contribution is 5.48. The third-order valence-electron chi connectivity index (χ3n) is 2.93. The maximum absolute atomic E-state index is 5.18. The van der Waals surface area contributed by atoms with E-state index in [0.717, 1.165) is 23.9 Å². The van der Waals surface area contributed by atoms with Crippen LogP contribution in [0, 0.1) is 6.92 Å². The summed E-state index contributed by atoms with van der Waals surface area (Å²) in [6, 6.07) is 0. The Hall–Kier alpha value is -1.16. The van der Waals surface area contributed by atoms with Crippen LogP contribution in [0.4, 0.5) is 5.82 Å². The first-order valence-corrected chi connectivity index (χ1v) is 6.62. The molecule has 0 amide bonds. The van der Waals surface area contributed by atoms with Crippen molar-refractivity contribution in [2.45, 2.75) is 46.5 Å². The Morgan fingerprint density at radius 3 is 2.39 bits per heavy atom. The lowest BCUT2D eigenvalue weighted by molar-refractivity contribution is 0.181. The molecule has 1 rings (SSSR count). The summed E-state index contributed by atoms with van der Waals surface area (Å²) in [5.41, 5.74) is 2.28. The minimum atomic E-state index is 0.215. The number of hydrogen-bond donors (Lipinski definition) is 1. The van der Waals surface area contributed by atoms with Crippen LogP contribution < -0.4 is 5.32 Å². The summed E-state index contributed by atoms with van der Waals surface area (Å²) in [6.07, 6.45) is 0. The molecule has 1 atom stereocenters. The van der Waals surface area contributed by atoms with Gasteiger partial charge >= 0.3 is 0 Å². The Morgan fingerprint density at radius 2 is 1.89 bits per heavy atom. The first kappa shape index (κ1) is 14.9. The Morgan fingerprint density at radius 1 is 1.22 bits per heavy atom. The van der Waals surface area contributed by atoms with Crippen molar-refractivity contribution in [3.63, 3.8) is 0 Å². The topological polar surface area (TPSA) is 47.0 Å². The van der Waals surface area contributed by atoms with E-state index in [4.69, 9.17) is 4.74 Å². The third-order valence-corrected chi connectivity index (χ3v) is 2.93. The largest absolute Gasteiger partial charge is 0.384 e. The van der Waals surface area contributed by atoms with E-state index in [1.807, 2.05) is 0 Å². The third kappa shape index (κ3) is 3.42. The van der Waals surface area contributed by atoms with Crippen LogP contribution in [0.3, 0.4) is 0 Å². The summed E-state index contributed by atoms with van der Waals surface area (Å²) in [5.74, 6) is 2.46. The molecule has 0 spiro atoms. The normalized spacial score (nSPS) is 12.8. The highest BCUT2D eigenvalue weighted by atomic mass is 16.5. The number of hydrogen-bond acceptors (Lipinski definition) is 4. The zero-order valence-electron chi connectivity index (χ0n) is 12.4. The number of anilines is 1. The van der Waals surface area contributed by atoms with Crippen LogP contribution in [0.25, 0.3) is 0 Å². The second-order valence-corrected chi connectivity index (χ2v) is 4.97. The molecule has 102 valence electrons.